The Kier molecular flexibility index (Phi) is 5.78. The fraction of sp³-hybridized carbons (Fsp3) is 0.821. The van der Waals surface area contributed by atoms with Gasteiger partial charge < -0.3 is 5.11 Å². The number of ketones is 1. The minimum absolute atomic E-state index is 0.00402. The summed E-state index contributed by atoms with van der Waals surface area (Å²) in [5.74, 6) is 4.59. The van der Waals surface area contributed by atoms with E-state index < -0.39 is 0 Å². The largest absolute Gasteiger partial charge is 0.504 e. The third kappa shape index (κ3) is 3.23. The second kappa shape index (κ2) is 7.82. The molecule has 168 valence electrons. The van der Waals surface area contributed by atoms with E-state index >= 15 is 0 Å². The van der Waals surface area contributed by atoms with Crippen LogP contribution in [0, 0.1) is 46.3 Å². The molecule has 7 atom stereocenters. The van der Waals surface area contributed by atoms with Crippen LogP contribution in [0.1, 0.15) is 99.3 Å². The molecule has 0 bridgehead atoms. The molecular weight excluding hydrogens is 368 g/mol. The molecule has 0 radical (unpaired) electrons. The highest BCUT2D eigenvalue weighted by atomic mass is 16.3. The van der Waals surface area contributed by atoms with Crippen molar-refractivity contribution in [3.63, 3.8) is 0 Å². The normalized spacial score (nSPS) is 42.4. The smallest absolute Gasteiger partial charge is 0.197 e. The maximum atomic E-state index is 12.3. The highest BCUT2D eigenvalue weighted by Gasteiger charge is 2.61. The molecule has 4 aliphatic rings. The molecule has 1 N–H and O–H groups in total. The van der Waals surface area contributed by atoms with Crippen LogP contribution in [0.2, 0.25) is 0 Å². The molecule has 0 aromatic heterocycles. The van der Waals surface area contributed by atoms with Crippen LogP contribution < -0.4 is 0 Å². The molecule has 30 heavy (non-hydrogen) atoms. The highest BCUT2D eigenvalue weighted by molar-refractivity contribution is 5.97. The lowest BCUT2D eigenvalue weighted by Crippen LogP contribution is -2.49. The molecule has 2 heteroatoms. The topological polar surface area (TPSA) is 37.3 Å². The Morgan fingerprint density at radius 1 is 1.13 bits per heavy atom. The van der Waals surface area contributed by atoms with Gasteiger partial charge in [0.05, 0.1) is 0 Å². The quantitative estimate of drug-likeness (QED) is 0.471. The van der Waals surface area contributed by atoms with Gasteiger partial charge in [0.1, 0.15) is 0 Å². The standard InChI is InChI=1S/C28H44O2/c1-7-19(17(2)3)9-8-18(4)21-12-13-22-20-10-11-24-26(30)25(29)16-28(24,6)23(20)14-15-27(21,22)5/h7,17-18,20-23,30H,8-16H2,1-6H3/b19-7+/t18-,20+,21-,22+,23+,27-,28-/m1/s1. The molecule has 3 saturated carbocycles. The number of rotatable bonds is 5. The van der Waals surface area contributed by atoms with Crippen LogP contribution in [-0.2, 0) is 4.79 Å². The summed E-state index contributed by atoms with van der Waals surface area (Å²) in [7, 11) is 0. The predicted molar refractivity (Wildman–Crippen MR) is 124 cm³/mol. The first-order valence-electron chi connectivity index (χ1n) is 12.7. The molecule has 0 aromatic rings. The van der Waals surface area contributed by atoms with Gasteiger partial charge in [0, 0.05) is 11.8 Å². The summed E-state index contributed by atoms with van der Waals surface area (Å²) in [6.45, 7) is 14.3. The number of allylic oxidation sites excluding steroid dienone is 4. The monoisotopic (exact) mass is 412 g/mol. The van der Waals surface area contributed by atoms with Crippen molar-refractivity contribution < 1.29 is 9.90 Å². The second-order valence-electron chi connectivity index (χ2n) is 12.0. The van der Waals surface area contributed by atoms with Gasteiger partial charge in [0.15, 0.2) is 11.5 Å². The number of fused-ring (bicyclic) bond motifs is 5. The number of Topliss-reactive ketones (excluding diaryl/α,β-unsaturated/α-hetero) is 1. The minimum Gasteiger partial charge on any atom is -0.504 e. The summed E-state index contributed by atoms with van der Waals surface area (Å²) < 4.78 is 0. The number of carbonyl (C=O) groups is 1. The molecule has 4 aliphatic carbocycles. The molecule has 2 nitrogen and oxygen atoms in total. The van der Waals surface area contributed by atoms with E-state index in [-0.39, 0.29) is 17.0 Å². The zero-order valence-corrected chi connectivity index (χ0v) is 20.3. The van der Waals surface area contributed by atoms with Crippen LogP contribution in [0.15, 0.2) is 23.0 Å². The fourth-order valence-corrected chi connectivity index (χ4v) is 8.85. The van der Waals surface area contributed by atoms with Crippen LogP contribution >= 0.6 is 0 Å². The van der Waals surface area contributed by atoms with Gasteiger partial charge in [0.25, 0.3) is 0 Å². The van der Waals surface area contributed by atoms with E-state index in [2.05, 4.69) is 47.6 Å². The van der Waals surface area contributed by atoms with Crippen molar-refractivity contribution in [1.29, 1.82) is 0 Å². The Morgan fingerprint density at radius 2 is 1.87 bits per heavy atom. The third-order valence-electron chi connectivity index (χ3n) is 10.5. The third-order valence-corrected chi connectivity index (χ3v) is 10.5. The zero-order valence-electron chi connectivity index (χ0n) is 20.3. The Hall–Kier alpha value is -1.05. The number of aliphatic hydroxyl groups is 1. The first kappa shape index (κ1) is 22.2. The van der Waals surface area contributed by atoms with Gasteiger partial charge >= 0.3 is 0 Å². The summed E-state index contributed by atoms with van der Waals surface area (Å²) in [4.78, 5) is 12.3. The maximum Gasteiger partial charge on any atom is 0.197 e. The minimum atomic E-state index is -0.0623. The summed E-state index contributed by atoms with van der Waals surface area (Å²) >= 11 is 0. The van der Waals surface area contributed by atoms with E-state index in [1.165, 1.54) is 44.9 Å². The average molecular weight is 413 g/mol. The van der Waals surface area contributed by atoms with Crippen molar-refractivity contribution in [3.05, 3.63) is 23.0 Å². The van der Waals surface area contributed by atoms with E-state index in [0.29, 0.717) is 23.7 Å². The zero-order chi connectivity index (χ0) is 21.8. The van der Waals surface area contributed by atoms with E-state index in [0.717, 1.165) is 35.7 Å². The average Bonchev–Trinajstić information content (AvgIpc) is 3.15. The summed E-state index contributed by atoms with van der Waals surface area (Å²) in [5, 5.41) is 10.4. The molecule has 0 unspecified atom stereocenters. The highest BCUT2D eigenvalue weighted by Crippen LogP contribution is 2.68. The first-order chi connectivity index (χ1) is 14.1. The van der Waals surface area contributed by atoms with Gasteiger partial charge in [-0.15, -0.1) is 0 Å². The number of hydrogen-bond acceptors (Lipinski definition) is 2. The van der Waals surface area contributed by atoms with E-state index in [4.69, 9.17) is 0 Å². The van der Waals surface area contributed by atoms with Crippen LogP contribution in [0.4, 0.5) is 0 Å². The molecule has 0 aliphatic heterocycles. The van der Waals surface area contributed by atoms with Gasteiger partial charge in [-0.25, -0.2) is 0 Å². The first-order valence-corrected chi connectivity index (χ1v) is 12.7. The van der Waals surface area contributed by atoms with Gasteiger partial charge in [-0.2, -0.15) is 0 Å². The van der Waals surface area contributed by atoms with Crippen molar-refractivity contribution >= 4 is 5.78 Å². The molecule has 3 fully saturated rings. The van der Waals surface area contributed by atoms with Crippen LogP contribution in [0.25, 0.3) is 0 Å². The number of hydrogen-bond donors (Lipinski definition) is 1. The van der Waals surface area contributed by atoms with Gasteiger partial charge in [-0.05, 0) is 105 Å². The lowest BCUT2D eigenvalue weighted by atomic mass is 9.48. The summed E-state index contributed by atoms with van der Waals surface area (Å²) in [5.41, 5.74) is 3.13. The van der Waals surface area contributed by atoms with E-state index in [9.17, 15) is 9.90 Å². The Bertz CT molecular complexity index is 759. The summed E-state index contributed by atoms with van der Waals surface area (Å²) in [6.07, 6.45) is 12.9. The molecule has 0 spiro atoms. The van der Waals surface area contributed by atoms with Crippen LogP contribution in [0.3, 0.4) is 0 Å². The number of carbonyl (C=O) groups excluding carboxylic acids is 1. The van der Waals surface area contributed by atoms with Crippen molar-refractivity contribution in [2.45, 2.75) is 99.3 Å². The molecule has 0 heterocycles. The van der Waals surface area contributed by atoms with Gasteiger partial charge in [-0.3, -0.25) is 4.79 Å². The Morgan fingerprint density at radius 3 is 2.53 bits per heavy atom. The SMILES string of the molecule is C/C=C(\CC[C@@H](C)[C@H]1CC[C@H]2[C@@H]3CCC4=C(O)C(=O)C[C@]4(C)[C@H]3CC[C@]12C)C(C)C. The van der Waals surface area contributed by atoms with Crippen molar-refractivity contribution in [2.75, 3.05) is 0 Å². The Labute approximate surface area is 184 Å². The van der Waals surface area contributed by atoms with Crippen LogP contribution in [-0.4, -0.2) is 10.9 Å². The van der Waals surface area contributed by atoms with Gasteiger partial charge in [-0.1, -0.05) is 46.3 Å². The molecule has 0 aromatic carbocycles. The molecular formula is C28H44O2. The lowest BCUT2D eigenvalue weighted by Gasteiger charge is -2.56. The lowest BCUT2D eigenvalue weighted by molar-refractivity contribution is -0.119. The van der Waals surface area contributed by atoms with E-state index in [1.807, 2.05) is 0 Å². The summed E-state index contributed by atoms with van der Waals surface area (Å²) in [6, 6.07) is 0. The van der Waals surface area contributed by atoms with Gasteiger partial charge in [0.2, 0.25) is 0 Å². The predicted octanol–water partition coefficient (Wildman–Crippen LogP) is 7.65. The molecule has 0 saturated heterocycles. The van der Waals surface area contributed by atoms with Crippen molar-refractivity contribution in [1.82, 2.24) is 0 Å². The number of aliphatic hydroxyl groups excluding tert-OH is 1. The fourth-order valence-electron chi connectivity index (χ4n) is 8.85. The molecule has 0 amide bonds. The maximum absolute atomic E-state index is 12.3. The van der Waals surface area contributed by atoms with Crippen molar-refractivity contribution in [2.24, 2.45) is 46.3 Å². The molecule has 4 rings (SSSR count). The van der Waals surface area contributed by atoms with E-state index in [1.54, 1.807) is 5.57 Å². The Balaban J connectivity index is 1.50. The van der Waals surface area contributed by atoms with Crippen molar-refractivity contribution in [3.8, 4) is 0 Å². The second-order valence-corrected chi connectivity index (χ2v) is 12.0. The van der Waals surface area contributed by atoms with Crippen LogP contribution in [0.5, 0.6) is 0 Å².